The molecule has 2 rings (SSSR count). The molecular weight excluding hydrogens is 363 g/mol. The van der Waals surface area contributed by atoms with Gasteiger partial charge in [-0.15, -0.1) is 0 Å². The third kappa shape index (κ3) is 4.77. The van der Waals surface area contributed by atoms with Crippen LogP contribution in [0.2, 0.25) is 0 Å². The number of carbonyl (C=O) groups is 1. The van der Waals surface area contributed by atoms with Crippen LogP contribution >= 0.6 is 15.9 Å². The molecule has 0 radical (unpaired) electrons. The number of rotatable bonds is 4. The summed E-state index contributed by atoms with van der Waals surface area (Å²) in [5.74, 6) is -0.207. The molecule has 0 saturated carbocycles. The van der Waals surface area contributed by atoms with Crippen molar-refractivity contribution in [3.8, 4) is 5.75 Å². The van der Waals surface area contributed by atoms with Crippen molar-refractivity contribution in [2.45, 2.75) is 6.18 Å². The summed E-state index contributed by atoms with van der Waals surface area (Å²) in [5, 5.41) is 2.61. The Balaban J connectivity index is 1.87. The Morgan fingerprint density at radius 3 is 2.18 bits per heavy atom. The van der Waals surface area contributed by atoms with E-state index in [9.17, 15) is 18.0 Å². The Labute approximate surface area is 133 Å². The summed E-state index contributed by atoms with van der Waals surface area (Å²) < 4.78 is 43.2. The van der Waals surface area contributed by atoms with Crippen molar-refractivity contribution in [1.82, 2.24) is 0 Å². The van der Waals surface area contributed by atoms with E-state index in [4.69, 9.17) is 4.74 Å². The van der Waals surface area contributed by atoms with E-state index in [0.29, 0.717) is 5.69 Å². The third-order valence-corrected chi connectivity index (χ3v) is 3.21. The molecule has 116 valence electrons. The minimum atomic E-state index is -4.39. The lowest BCUT2D eigenvalue weighted by molar-refractivity contribution is -0.137. The van der Waals surface area contributed by atoms with Crippen molar-refractivity contribution in [2.75, 3.05) is 11.9 Å². The monoisotopic (exact) mass is 373 g/mol. The number of carbonyl (C=O) groups excluding carboxylic acids is 1. The van der Waals surface area contributed by atoms with E-state index >= 15 is 0 Å². The van der Waals surface area contributed by atoms with Crippen LogP contribution in [0, 0.1) is 0 Å². The molecule has 7 heteroatoms. The van der Waals surface area contributed by atoms with Crippen molar-refractivity contribution in [1.29, 1.82) is 0 Å². The normalized spacial score (nSPS) is 11.1. The number of nitrogens with one attached hydrogen (secondary N) is 1. The predicted molar refractivity (Wildman–Crippen MR) is 79.7 cm³/mol. The fraction of sp³-hybridized carbons (Fsp3) is 0.133. The van der Waals surface area contributed by atoms with E-state index in [-0.39, 0.29) is 12.4 Å². The minimum Gasteiger partial charge on any atom is -0.484 e. The number of ether oxygens (including phenoxy) is 1. The molecule has 0 aliphatic rings. The highest BCUT2D eigenvalue weighted by Gasteiger charge is 2.30. The quantitative estimate of drug-likeness (QED) is 0.857. The predicted octanol–water partition coefficient (Wildman–Crippen LogP) is 4.49. The van der Waals surface area contributed by atoms with Gasteiger partial charge in [0.15, 0.2) is 6.61 Å². The molecular formula is C15H11BrF3NO2. The molecule has 0 spiro atoms. The van der Waals surface area contributed by atoms with Crippen LogP contribution in [0.25, 0.3) is 0 Å². The molecule has 22 heavy (non-hydrogen) atoms. The van der Waals surface area contributed by atoms with Crippen molar-refractivity contribution in [3.63, 3.8) is 0 Å². The molecule has 0 fully saturated rings. The zero-order valence-corrected chi connectivity index (χ0v) is 12.7. The highest BCUT2D eigenvalue weighted by Crippen LogP contribution is 2.30. The molecule has 0 unspecified atom stereocenters. The largest absolute Gasteiger partial charge is 0.484 e. The zero-order valence-electron chi connectivity index (χ0n) is 11.2. The highest BCUT2D eigenvalue weighted by molar-refractivity contribution is 9.10. The van der Waals surface area contributed by atoms with Crippen LogP contribution in [-0.2, 0) is 11.0 Å². The molecule has 0 bridgehead atoms. The highest BCUT2D eigenvalue weighted by atomic mass is 79.9. The fourth-order valence-electron chi connectivity index (χ4n) is 1.62. The Kier molecular flexibility index (Phi) is 5.07. The van der Waals surface area contributed by atoms with Gasteiger partial charge in [-0.25, -0.2) is 0 Å². The van der Waals surface area contributed by atoms with Gasteiger partial charge in [0.1, 0.15) is 5.75 Å². The standard InChI is InChI=1S/C15H11BrF3NO2/c16-11-3-5-12(6-4-11)20-14(21)9-22-13-7-1-10(2-8-13)15(17,18)19/h1-8H,9H2,(H,20,21). The molecule has 0 atom stereocenters. The molecule has 3 nitrogen and oxygen atoms in total. The van der Waals surface area contributed by atoms with E-state index in [2.05, 4.69) is 21.2 Å². The summed E-state index contributed by atoms with van der Waals surface area (Å²) in [5.41, 5.74) is -0.164. The van der Waals surface area contributed by atoms with Crippen LogP contribution in [-0.4, -0.2) is 12.5 Å². The molecule has 2 aromatic rings. The lowest BCUT2D eigenvalue weighted by atomic mass is 10.2. The first-order valence-electron chi connectivity index (χ1n) is 6.20. The van der Waals surface area contributed by atoms with E-state index in [1.54, 1.807) is 24.3 Å². The number of alkyl halides is 3. The van der Waals surface area contributed by atoms with Gasteiger partial charge in [0, 0.05) is 10.2 Å². The number of amides is 1. The van der Waals surface area contributed by atoms with Crippen molar-refractivity contribution >= 4 is 27.5 Å². The Hall–Kier alpha value is -2.02. The van der Waals surface area contributed by atoms with Gasteiger partial charge in [-0.1, -0.05) is 15.9 Å². The molecule has 0 heterocycles. The Morgan fingerprint density at radius 1 is 1.05 bits per heavy atom. The second-order valence-corrected chi connectivity index (χ2v) is 5.28. The van der Waals surface area contributed by atoms with E-state index in [1.807, 2.05) is 0 Å². The SMILES string of the molecule is O=C(COc1ccc(C(F)(F)F)cc1)Nc1ccc(Br)cc1. The Bertz CT molecular complexity index is 639. The fourth-order valence-corrected chi connectivity index (χ4v) is 1.88. The van der Waals surface area contributed by atoms with Crippen LogP contribution in [0.1, 0.15) is 5.56 Å². The summed E-state index contributed by atoms with van der Waals surface area (Å²) in [4.78, 5) is 11.7. The van der Waals surface area contributed by atoms with Crippen molar-refractivity contribution < 1.29 is 22.7 Å². The van der Waals surface area contributed by atoms with E-state index < -0.39 is 17.6 Å². The second-order valence-electron chi connectivity index (χ2n) is 4.37. The molecule has 1 amide bonds. The van der Waals surface area contributed by atoms with Crippen LogP contribution in [0.5, 0.6) is 5.75 Å². The van der Waals surface area contributed by atoms with Gasteiger partial charge in [-0.05, 0) is 48.5 Å². The average molecular weight is 374 g/mol. The van der Waals surface area contributed by atoms with Crippen LogP contribution in [0.15, 0.2) is 53.0 Å². The zero-order chi connectivity index (χ0) is 16.2. The third-order valence-electron chi connectivity index (χ3n) is 2.68. The first-order valence-corrected chi connectivity index (χ1v) is 6.99. The topological polar surface area (TPSA) is 38.3 Å². The second kappa shape index (κ2) is 6.83. The first kappa shape index (κ1) is 16.4. The molecule has 0 aromatic heterocycles. The van der Waals surface area contributed by atoms with Crippen LogP contribution in [0.3, 0.4) is 0 Å². The average Bonchev–Trinajstić information content (AvgIpc) is 2.47. The number of hydrogen-bond donors (Lipinski definition) is 1. The van der Waals surface area contributed by atoms with Gasteiger partial charge in [0.2, 0.25) is 0 Å². The lowest BCUT2D eigenvalue weighted by Gasteiger charge is -2.09. The molecule has 2 aromatic carbocycles. The molecule has 0 aliphatic carbocycles. The maximum Gasteiger partial charge on any atom is 0.416 e. The Morgan fingerprint density at radius 2 is 1.64 bits per heavy atom. The number of hydrogen-bond acceptors (Lipinski definition) is 2. The summed E-state index contributed by atoms with van der Waals surface area (Å²) in [6.45, 7) is -0.290. The van der Waals surface area contributed by atoms with Crippen molar-refractivity contribution in [3.05, 3.63) is 58.6 Å². The maximum atomic E-state index is 12.4. The number of anilines is 1. The smallest absolute Gasteiger partial charge is 0.416 e. The van der Waals surface area contributed by atoms with Gasteiger partial charge >= 0.3 is 6.18 Å². The van der Waals surface area contributed by atoms with Crippen LogP contribution < -0.4 is 10.1 Å². The van der Waals surface area contributed by atoms with E-state index in [1.165, 1.54) is 12.1 Å². The summed E-state index contributed by atoms with van der Waals surface area (Å²) in [7, 11) is 0. The summed E-state index contributed by atoms with van der Waals surface area (Å²) >= 11 is 3.28. The minimum absolute atomic E-state index is 0.193. The molecule has 0 aliphatic heterocycles. The van der Waals surface area contributed by atoms with Gasteiger partial charge < -0.3 is 10.1 Å². The number of halogens is 4. The van der Waals surface area contributed by atoms with Gasteiger partial charge in [0.05, 0.1) is 5.56 Å². The first-order chi connectivity index (χ1) is 10.3. The number of benzene rings is 2. The van der Waals surface area contributed by atoms with E-state index in [0.717, 1.165) is 16.6 Å². The lowest BCUT2D eigenvalue weighted by Crippen LogP contribution is -2.20. The molecule has 0 saturated heterocycles. The maximum absolute atomic E-state index is 12.4. The summed E-state index contributed by atoms with van der Waals surface area (Å²) in [6.07, 6.45) is -4.39. The summed E-state index contributed by atoms with van der Waals surface area (Å²) in [6, 6.07) is 11.1. The van der Waals surface area contributed by atoms with Crippen molar-refractivity contribution in [2.24, 2.45) is 0 Å². The molecule has 1 N–H and O–H groups in total. The van der Waals surface area contributed by atoms with Gasteiger partial charge in [-0.3, -0.25) is 4.79 Å². The van der Waals surface area contributed by atoms with Gasteiger partial charge in [0.25, 0.3) is 5.91 Å². The van der Waals surface area contributed by atoms with Crippen LogP contribution in [0.4, 0.5) is 18.9 Å². The van der Waals surface area contributed by atoms with Gasteiger partial charge in [-0.2, -0.15) is 13.2 Å².